The van der Waals surface area contributed by atoms with Gasteiger partial charge in [-0.15, -0.1) is 9.24 Å². The number of hydrogen-bond donors (Lipinski definition) is 1. The predicted molar refractivity (Wildman–Crippen MR) is 37.6 cm³/mol. The zero-order chi connectivity index (χ0) is 4.99. The van der Waals surface area contributed by atoms with E-state index in [1.165, 1.54) is 6.16 Å². The fourth-order valence-electron chi connectivity index (χ4n) is 0.0745. The van der Waals surface area contributed by atoms with Gasteiger partial charge in [0.15, 0.2) is 0 Å². The zero-order valence-electron chi connectivity index (χ0n) is 4.02. The van der Waals surface area contributed by atoms with Crippen molar-refractivity contribution in [2.24, 2.45) is 5.92 Å². The molecule has 0 spiro atoms. The first-order chi connectivity index (χ1) is 2.81. The van der Waals surface area contributed by atoms with Crippen molar-refractivity contribution in [3.63, 3.8) is 0 Å². The molecule has 0 saturated carbocycles. The number of rotatable bonds is 2. The van der Waals surface area contributed by atoms with Crippen LogP contribution in [0.4, 0.5) is 0 Å². The molecule has 2 heteroatoms. The first-order valence-electron chi connectivity index (χ1n) is 2.12. The first-order valence-corrected chi connectivity index (χ1v) is 3.57. The van der Waals surface area contributed by atoms with Crippen LogP contribution < -0.4 is 0 Å². The molecule has 38 valence electrons. The quantitative estimate of drug-likeness (QED) is 0.415. The highest BCUT2D eigenvalue weighted by molar-refractivity contribution is 7.80. The highest BCUT2D eigenvalue weighted by Crippen LogP contribution is 2.00. The van der Waals surface area contributed by atoms with E-state index in [4.69, 9.17) is 0 Å². The Morgan fingerprint density at radius 2 is 2.33 bits per heavy atom. The van der Waals surface area contributed by atoms with Gasteiger partial charge in [0.1, 0.15) is 0 Å². The molecule has 2 unspecified atom stereocenters. The lowest BCUT2D eigenvalue weighted by Gasteiger charge is -1.98. The third-order valence-corrected chi connectivity index (χ3v) is 2.14. The molecule has 0 aromatic carbocycles. The lowest BCUT2D eigenvalue weighted by atomic mass is 10.3. The van der Waals surface area contributed by atoms with Gasteiger partial charge < -0.3 is 0 Å². The Labute approximate surface area is 47.3 Å². The third-order valence-electron chi connectivity index (χ3n) is 0.714. The Hall–Kier alpha value is 0.780. The molecule has 0 bridgehead atoms. The molecule has 0 amide bonds. The van der Waals surface area contributed by atoms with E-state index in [0.29, 0.717) is 0 Å². The van der Waals surface area contributed by atoms with Crippen LogP contribution in [0.2, 0.25) is 0 Å². The molecule has 0 N–H and O–H groups in total. The first kappa shape index (κ1) is 6.78. The summed E-state index contributed by atoms with van der Waals surface area (Å²) in [6.45, 7) is 2.18. The van der Waals surface area contributed by atoms with Crippen molar-refractivity contribution in [2.45, 2.75) is 6.92 Å². The molecule has 0 rings (SSSR count). The second-order valence-corrected chi connectivity index (χ2v) is 2.36. The summed E-state index contributed by atoms with van der Waals surface area (Å²) in [6, 6.07) is 0. The normalized spacial score (nSPS) is 14.5. The lowest BCUT2D eigenvalue weighted by molar-refractivity contribution is 0.767. The van der Waals surface area contributed by atoms with Gasteiger partial charge in [0.25, 0.3) is 0 Å². The Bertz CT molecular complexity index is 26.7. The average molecular weight is 122 g/mol. The summed E-state index contributed by atoms with van der Waals surface area (Å²) >= 11 is 4.08. The van der Waals surface area contributed by atoms with Gasteiger partial charge >= 0.3 is 0 Å². The van der Waals surface area contributed by atoms with Crippen molar-refractivity contribution in [2.75, 3.05) is 11.9 Å². The monoisotopic (exact) mass is 122 g/mol. The molecule has 0 heterocycles. The molecule has 0 saturated heterocycles. The van der Waals surface area contributed by atoms with Gasteiger partial charge in [0, 0.05) is 0 Å². The minimum atomic E-state index is 0.762. The lowest BCUT2D eigenvalue weighted by Crippen LogP contribution is -1.94. The van der Waals surface area contributed by atoms with Crippen LogP contribution >= 0.6 is 21.9 Å². The van der Waals surface area contributed by atoms with Crippen molar-refractivity contribution in [3.8, 4) is 0 Å². The van der Waals surface area contributed by atoms with Crippen LogP contribution in [0.25, 0.3) is 0 Å². The van der Waals surface area contributed by atoms with Crippen LogP contribution in [0.5, 0.6) is 0 Å². The van der Waals surface area contributed by atoms with Gasteiger partial charge in [0.2, 0.25) is 0 Å². The summed E-state index contributed by atoms with van der Waals surface area (Å²) in [6.07, 6.45) is 1.17. The van der Waals surface area contributed by atoms with Crippen molar-refractivity contribution in [3.05, 3.63) is 0 Å². The average Bonchev–Trinajstić information content (AvgIpc) is 1.65. The Kier molecular flexibility index (Phi) is 4.47. The van der Waals surface area contributed by atoms with Crippen molar-refractivity contribution >= 4 is 21.9 Å². The molecular weight excluding hydrogens is 111 g/mol. The molecule has 0 aliphatic rings. The summed E-state index contributed by atoms with van der Waals surface area (Å²) in [5.41, 5.74) is 0. The Morgan fingerprint density at radius 3 is 2.33 bits per heavy atom. The molecule has 0 fully saturated rings. The Morgan fingerprint density at radius 1 is 1.83 bits per heavy atom. The summed E-state index contributed by atoms with van der Waals surface area (Å²) in [4.78, 5) is 0. The second-order valence-electron chi connectivity index (χ2n) is 1.52. The topological polar surface area (TPSA) is 0 Å². The molecule has 0 nitrogen and oxygen atoms in total. The predicted octanol–water partition coefficient (Wildman–Crippen LogP) is 1.43. The van der Waals surface area contributed by atoms with Crippen molar-refractivity contribution in [1.82, 2.24) is 0 Å². The van der Waals surface area contributed by atoms with Crippen LogP contribution in [-0.4, -0.2) is 11.9 Å². The maximum Gasteiger partial charge on any atom is -0.00689 e. The molecule has 0 aliphatic carbocycles. The highest BCUT2D eigenvalue weighted by atomic mass is 32.1. The van der Waals surface area contributed by atoms with Crippen molar-refractivity contribution in [1.29, 1.82) is 0 Å². The smallest absolute Gasteiger partial charge is 0.00689 e. The molecule has 2 atom stereocenters. The minimum Gasteiger partial charge on any atom is -0.179 e. The van der Waals surface area contributed by atoms with E-state index in [9.17, 15) is 0 Å². The van der Waals surface area contributed by atoms with Gasteiger partial charge in [-0.25, -0.2) is 0 Å². The van der Waals surface area contributed by atoms with E-state index >= 15 is 0 Å². The van der Waals surface area contributed by atoms with E-state index in [2.05, 4.69) is 28.8 Å². The van der Waals surface area contributed by atoms with Gasteiger partial charge in [-0.3, -0.25) is 0 Å². The fourth-order valence-corrected chi connectivity index (χ4v) is 0.671. The van der Waals surface area contributed by atoms with E-state index in [1.807, 2.05) is 0 Å². The maximum atomic E-state index is 4.08. The molecule has 0 aromatic heterocycles. The zero-order valence-corrected chi connectivity index (χ0v) is 6.07. The molecule has 0 aromatic rings. The minimum absolute atomic E-state index is 0.762. The standard InChI is InChI=1S/C4H11PS/c1-4(2-5)3-6/h4,6H,2-3,5H2,1H3. The van der Waals surface area contributed by atoms with E-state index in [1.54, 1.807) is 0 Å². The molecule has 6 heavy (non-hydrogen) atoms. The van der Waals surface area contributed by atoms with Crippen LogP contribution in [0.15, 0.2) is 0 Å². The molecule has 0 radical (unpaired) electrons. The summed E-state index contributed by atoms with van der Waals surface area (Å²) in [5.74, 6) is 1.77. The summed E-state index contributed by atoms with van der Waals surface area (Å²) in [5, 5.41) is 0. The van der Waals surface area contributed by atoms with Gasteiger partial charge in [-0.05, 0) is 17.8 Å². The Balaban J connectivity index is 2.75. The number of thiol groups is 1. The maximum absolute atomic E-state index is 4.08. The van der Waals surface area contributed by atoms with E-state index in [0.717, 1.165) is 11.7 Å². The van der Waals surface area contributed by atoms with E-state index < -0.39 is 0 Å². The SMILES string of the molecule is CC(CP)CS. The van der Waals surface area contributed by atoms with Gasteiger partial charge in [-0.1, -0.05) is 6.92 Å². The van der Waals surface area contributed by atoms with Crippen LogP contribution in [-0.2, 0) is 0 Å². The second kappa shape index (κ2) is 3.95. The van der Waals surface area contributed by atoms with Crippen LogP contribution in [0.1, 0.15) is 6.92 Å². The third kappa shape index (κ3) is 2.99. The largest absolute Gasteiger partial charge is 0.179 e. The van der Waals surface area contributed by atoms with Gasteiger partial charge in [0.05, 0.1) is 0 Å². The summed E-state index contributed by atoms with van der Waals surface area (Å²) < 4.78 is 0. The van der Waals surface area contributed by atoms with Gasteiger partial charge in [-0.2, -0.15) is 12.6 Å². The van der Waals surface area contributed by atoms with Crippen LogP contribution in [0.3, 0.4) is 0 Å². The van der Waals surface area contributed by atoms with Crippen LogP contribution in [0, 0.1) is 5.92 Å². The van der Waals surface area contributed by atoms with Crippen molar-refractivity contribution < 1.29 is 0 Å². The van der Waals surface area contributed by atoms with E-state index in [-0.39, 0.29) is 0 Å². The highest BCUT2D eigenvalue weighted by Gasteiger charge is 1.89. The number of hydrogen-bond acceptors (Lipinski definition) is 1. The fraction of sp³-hybridized carbons (Fsp3) is 1.00. The molecule has 0 aliphatic heterocycles. The molecular formula is C4H11PS. The summed E-state index contributed by atoms with van der Waals surface area (Å²) in [7, 11) is 2.69.